The van der Waals surface area contributed by atoms with Gasteiger partial charge in [-0.3, -0.25) is 10.1 Å². The maximum absolute atomic E-state index is 13.4. The summed E-state index contributed by atoms with van der Waals surface area (Å²) in [4.78, 5) is 23.3. The minimum Gasteiger partial charge on any atom is -0.308 e. The zero-order chi connectivity index (χ0) is 16.3. The fourth-order valence-electron chi connectivity index (χ4n) is 1.62. The second-order valence-corrected chi connectivity index (χ2v) is 4.54. The third kappa shape index (κ3) is 3.56. The molecule has 2 rings (SSSR count). The summed E-state index contributed by atoms with van der Waals surface area (Å²) in [5.41, 5.74) is -0.777. The van der Waals surface area contributed by atoms with Crippen molar-refractivity contribution in [2.24, 2.45) is 0 Å². The van der Waals surface area contributed by atoms with Crippen LogP contribution < -0.4 is 10.6 Å². The van der Waals surface area contributed by atoms with Crippen LogP contribution in [0.15, 0.2) is 36.4 Å². The van der Waals surface area contributed by atoms with Crippen molar-refractivity contribution in [1.29, 1.82) is 0 Å². The molecule has 0 aliphatic carbocycles. The molecule has 0 atom stereocenters. The van der Waals surface area contributed by atoms with E-state index in [1.165, 1.54) is 6.07 Å². The van der Waals surface area contributed by atoms with Gasteiger partial charge in [0.25, 0.3) is 5.91 Å². The summed E-state index contributed by atoms with van der Waals surface area (Å²) < 4.78 is 39.7. The normalized spacial score (nSPS) is 10.2. The molecule has 0 aromatic heterocycles. The van der Waals surface area contributed by atoms with Gasteiger partial charge in [0.2, 0.25) is 0 Å². The maximum atomic E-state index is 13.4. The van der Waals surface area contributed by atoms with E-state index in [0.717, 1.165) is 30.3 Å². The lowest BCUT2D eigenvalue weighted by Crippen LogP contribution is -2.35. The van der Waals surface area contributed by atoms with Gasteiger partial charge >= 0.3 is 6.03 Å². The highest BCUT2D eigenvalue weighted by molar-refractivity contribution is 6.31. The highest BCUT2D eigenvalue weighted by Gasteiger charge is 2.19. The smallest absolute Gasteiger partial charge is 0.308 e. The molecular formula is C14H8ClF3N2O2. The van der Waals surface area contributed by atoms with Crippen molar-refractivity contribution in [3.8, 4) is 0 Å². The Bertz CT molecular complexity index is 733. The van der Waals surface area contributed by atoms with Crippen LogP contribution in [0.5, 0.6) is 0 Å². The number of imide groups is 1. The van der Waals surface area contributed by atoms with Crippen molar-refractivity contribution < 1.29 is 22.8 Å². The molecular weight excluding hydrogens is 321 g/mol. The molecule has 2 N–H and O–H groups in total. The van der Waals surface area contributed by atoms with Crippen molar-refractivity contribution in [3.63, 3.8) is 0 Å². The highest BCUT2D eigenvalue weighted by Crippen LogP contribution is 2.19. The zero-order valence-electron chi connectivity index (χ0n) is 10.8. The molecule has 8 heteroatoms. The molecule has 0 heterocycles. The first-order chi connectivity index (χ1) is 10.4. The van der Waals surface area contributed by atoms with Crippen molar-refractivity contribution in [1.82, 2.24) is 5.32 Å². The van der Waals surface area contributed by atoms with E-state index in [-0.39, 0.29) is 10.7 Å². The molecule has 3 amide bonds. The lowest BCUT2D eigenvalue weighted by atomic mass is 10.2. The first-order valence-corrected chi connectivity index (χ1v) is 6.27. The van der Waals surface area contributed by atoms with E-state index in [1.54, 1.807) is 5.32 Å². The number of carbonyl (C=O) groups excluding carboxylic acids is 2. The molecule has 114 valence electrons. The van der Waals surface area contributed by atoms with E-state index >= 15 is 0 Å². The van der Waals surface area contributed by atoms with E-state index in [4.69, 9.17) is 11.6 Å². The summed E-state index contributed by atoms with van der Waals surface area (Å²) in [6.45, 7) is 0. The average Bonchev–Trinajstić information content (AvgIpc) is 2.42. The molecule has 2 aromatic rings. The number of urea groups is 1. The van der Waals surface area contributed by atoms with Gasteiger partial charge in [-0.1, -0.05) is 17.7 Å². The van der Waals surface area contributed by atoms with Crippen molar-refractivity contribution in [3.05, 3.63) is 64.4 Å². The molecule has 0 aliphatic rings. The van der Waals surface area contributed by atoms with Crippen LogP contribution in [0.4, 0.5) is 23.7 Å². The molecule has 0 unspecified atom stereocenters. The lowest BCUT2D eigenvalue weighted by molar-refractivity contribution is 0.0959. The van der Waals surface area contributed by atoms with Crippen molar-refractivity contribution in [2.45, 2.75) is 0 Å². The number of hydrogen-bond acceptors (Lipinski definition) is 2. The minimum atomic E-state index is -1.25. The number of nitrogens with one attached hydrogen (secondary N) is 2. The lowest BCUT2D eigenvalue weighted by Gasteiger charge is -2.08. The summed E-state index contributed by atoms with van der Waals surface area (Å²) in [5, 5.41) is 3.71. The zero-order valence-corrected chi connectivity index (χ0v) is 11.5. The Balaban J connectivity index is 2.08. The highest BCUT2D eigenvalue weighted by atomic mass is 35.5. The SMILES string of the molecule is O=C(NC(=O)c1c(F)cccc1F)Nc1ccc(F)c(Cl)c1. The number of rotatable bonds is 2. The minimum absolute atomic E-state index is 0.103. The third-order valence-electron chi connectivity index (χ3n) is 2.59. The summed E-state index contributed by atoms with van der Waals surface area (Å²) in [6, 6.07) is 5.14. The summed E-state index contributed by atoms with van der Waals surface area (Å²) in [5.74, 6) is -4.14. The standard InChI is InChI=1S/C14H8ClF3N2O2/c15-8-6-7(4-5-9(8)16)19-14(22)20-13(21)12-10(17)2-1-3-11(12)18/h1-6H,(H2,19,20,21,22). The van der Waals surface area contributed by atoms with Gasteiger partial charge in [0.1, 0.15) is 23.0 Å². The number of halogens is 4. The van der Waals surface area contributed by atoms with Crippen molar-refractivity contribution in [2.75, 3.05) is 5.32 Å². The molecule has 4 nitrogen and oxygen atoms in total. The monoisotopic (exact) mass is 328 g/mol. The van der Waals surface area contributed by atoms with Gasteiger partial charge in [-0.15, -0.1) is 0 Å². The Morgan fingerprint density at radius 1 is 0.955 bits per heavy atom. The van der Waals surface area contributed by atoms with Crippen LogP contribution >= 0.6 is 11.6 Å². The predicted molar refractivity (Wildman–Crippen MR) is 74.3 cm³/mol. The first kappa shape index (κ1) is 15.8. The molecule has 0 saturated heterocycles. The van der Waals surface area contributed by atoms with Gasteiger partial charge in [0.05, 0.1) is 5.02 Å². The maximum Gasteiger partial charge on any atom is 0.326 e. The molecule has 0 bridgehead atoms. The summed E-state index contributed by atoms with van der Waals surface area (Å²) in [7, 11) is 0. The fourth-order valence-corrected chi connectivity index (χ4v) is 1.80. The Labute approximate surface area is 127 Å². The molecule has 0 fully saturated rings. The Hall–Kier alpha value is -2.54. The number of anilines is 1. The average molecular weight is 329 g/mol. The van der Waals surface area contributed by atoms with E-state index in [9.17, 15) is 22.8 Å². The molecule has 0 saturated carbocycles. The van der Waals surface area contributed by atoms with Gasteiger partial charge < -0.3 is 5.32 Å². The Morgan fingerprint density at radius 2 is 1.59 bits per heavy atom. The summed E-state index contributed by atoms with van der Waals surface area (Å²) >= 11 is 5.53. The predicted octanol–water partition coefficient (Wildman–Crippen LogP) is 3.72. The second kappa shape index (κ2) is 6.48. The first-order valence-electron chi connectivity index (χ1n) is 5.90. The van der Waals surface area contributed by atoms with Gasteiger partial charge in [-0.25, -0.2) is 18.0 Å². The molecule has 0 spiro atoms. The Kier molecular flexibility index (Phi) is 4.67. The summed E-state index contributed by atoms with van der Waals surface area (Å²) in [6.07, 6.45) is 0. The second-order valence-electron chi connectivity index (χ2n) is 4.13. The van der Waals surface area contributed by atoms with E-state index in [0.29, 0.717) is 0 Å². The molecule has 0 radical (unpaired) electrons. The number of hydrogen-bond donors (Lipinski definition) is 2. The van der Waals surface area contributed by atoms with E-state index in [2.05, 4.69) is 5.32 Å². The molecule has 0 aliphatic heterocycles. The fraction of sp³-hybridized carbons (Fsp3) is 0. The van der Waals surface area contributed by atoms with Gasteiger partial charge in [-0.2, -0.15) is 0 Å². The number of carbonyl (C=O) groups is 2. The van der Waals surface area contributed by atoms with Gasteiger partial charge in [0.15, 0.2) is 0 Å². The van der Waals surface area contributed by atoms with Crippen LogP contribution in [0.1, 0.15) is 10.4 Å². The van der Waals surface area contributed by atoms with Crippen LogP contribution in [0.2, 0.25) is 5.02 Å². The number of benzene rings is 2. The van der Waals surface area contributed by atoms with Crippen LogP contribution in [-0.4, -0.2) is 11.9 Å². The van der Waals surface area contributed by atoms with E-state index in [1.807, 2.05) is 0 Å². The quantitative estimate of drug-likeness (QED) is 0.882. The molecule has 2 aromatic carbocycles. The van der Waals surface area contributed by atoms with Crippen LogP contribution in [0.25, 0.3) is 0 Å². The van der Waals surface area contributed by atoms with Gasteiger partial charge in [0, 0.05) is 5.69 Å². The number of amides is 3. The van der Waals surface area contributed by atoms with Gasteiger partial charge in [-0.05, 0) is 30.3 Å². The third-order valence-corrected chi connectivity index (χ3v) is 2.88. The van der Waals surface area contributed by atoms with E-state index < -0.39 is 35.0 Å². The van der Waals surface area contributed by atoms with Crippen LogP contribution in [0, 0.1) is 17.5 Å². The van der Waals surface area contributed by atoms with Crippen molar-refractivity contribution >= 4 is 29.2 Å². The topological polar surface area (TPSA) is 58.2 Å². The largest absolute Gasteiger partial charge is 0.326 e. The Morgan fingerprint density at radius 3 is 2.18 bits per heavy atom. The van der Waals surface area contributed by atoms with Crippen LogP contribution in [0.3, 0.4) is 0 Å². The van der Waals surface area contributed by atoms with Crippen LogP contribution in [-0.2, 0) is 0 Å². The molecule has 22 heavy (non-hydrogen) atoms.